The van der Waals surface area contributed by atoms with Crippen molar-refractivity contribution >= 4 is 27.1 Å². The molecule has 0 amide bonds. The Bertz CT molecular complexity index is 499. The molecule has 0 saturated carbocycles. The van der Waals surface area contributed by atoms with Gasteiger partial charge in [-0.2, -0.15) is 0 Å². The SMILES string of the molecule is O=[N+]([O-])c1cccc(S(=O)(=O)CC(O)Cl)c1. The maximum Gasteiger partial charge on any atom is 0.270 e. The van der Waals surface area contributed by atoms with Crippen LogP contribution >= 0.6 is 11.6 Å². The highest BCUT2D eigenvalue weighted by molar-refractivity contribution is 7.91. The van der Waals surface area contributed by atoms with Gasteiger partial charge in [0.2, 0.25) is 0 Å². The Morgan fingerprint density at radius 2 is 2.12 bits per heavy atom. The minimum atomic E-state index is -3.80. The van der Waals surface area contributed by atoms with Crippen molar-refractivity contribution in [2.24, 2.45) is 0 Å². The number of nitrogens with zero attached hydrogens (tertiary/aromatic N) is 1. The van der Waals surface area contributed by atoms with Crippen LogP contribution in [-0.2, 0) is 9.84 Å². The second-order valence-electron chi connectivity index (χ2n) is 2.97. The number of hydrogen-bond acceptors (Lipinski definition) is 5. The molecular formula is C8H8ClNO5S. The molecule has 0 aromatic heterocycles. The van der Waals surface area contributed by atoms with Crippen LogP contribution in [0.25, 0.3) is 0 Å². The average molecular weight is 266 g/mol. The summed E-state index contributed by atoms with van der Waals surface area (Å²) >= 11 is 5.16. The Labute approximate surface area is 96.5 Å². The molecule has 16 heavy (non-hydrogen) atoms. The highest BCUT2D eigenvalue weighted by Crippen LogP contribution is 2.19. The third-order valence-corrected chi connectivity index (χ3v) is 3.81. The summed E-state index contributed by atoms with van der Waals surface area (Å²) < 4.78 is 23.1. The first kappa shape index (κ1) is 12.9. The molecule has 0 radical (unpaired) electrons. The number of non-ortho nitro benzene ring substituents is 1. The lowest BCUT2D eigenvalue weighted by Gasteiger charge is -2.04. The maximum absolute atomic E-state index is 11.6. The zero-order valence-corrected chi connectivity index (χ0v) is 9.48. The molecular weight excluding hydrogens is 258 g/mol. The molecule has 1 aromatic rings. The van der Waals surface area contributed by atoms with Gasteiger partial charge in [0.1, 0.15) is 5.56 Å². The lowest BCUT2D eigenvalue weighted by Crippen LogP contribution is -2.15. The lowest BCUT2D eigenvalue weighted by atomic mass is 10.3. The van der Waals surface area contributed by atoms with Gasteiger partial charge in [-0.3, -0.25) is 10.1 Å². The number of aliphatic hydroxyl groups is 1. The predicted octanol–water partition coefficient (Wildman–Crippen LogP) is 0.926. The van der Waals surface area contributed by atoms with Crippen molar-refractivity contribution in [2.45, 2.75) is 10.5 Å². The molecule has 1 N–H and O–H groups in total. The van der Waals surface area contributed by atoms with Crippen molar-refractivity contribution in [1.82, 2.24) is 0 Å². The van der Waals surface area contributed by atoms with Crippen molar-refractivity contribution in [1.29, 1.82) is 0 Å². The van der Waals surface area contributed by atoms with E-state index in [1.807, 2.05) is 0 Å². The Morgan fingerprint density at radius 1 is 1.50 bits per heavy atom. The van der Waals surface area contributed by atoms with Gasteiger partial charge < -0.3 is 5.11 Å². The van der Waals surface area contributed by atoms with Gasteiger partial charge in [-0.15, -0.1) is 0 Å². The lowest BCUT2D eigenvalue weighted by molar-refractivity contribution is -0.385. The number of nitro groups is 1. The second kappa shape index (κ2) is 4.77. The Morgan fingerprint density at radius 3 is 2.62 bits per heavy atom. The number of nitro benzene ring substituents is 1. The summed E-state index contributed by atoms with van der Waals surface area (Å²) in [6.07, 6.45) is 0. The van der Waals surface area contributed by atoms with Crippen molar-refractivity contribution in [3.8, 4) is 0 Å². The first-order chi connectivity index (χ1) is 7.33. The molecule has 0 aliphatic rings. The summed E-state index contributed by atoms with van der Waals surface area (Å²) in [5.41, 5.74) is -1.87. The zero-order chi connectivity index (χ0) is 12.3. The van der Waals surface area contributed by atoms with Crippen LogP contribution < -0.4 is 0 Å². The smallest absolute Gasteiger partial charge is 0.270 e. The van der Waals surface area contributed by atoms with Gasteiger partial charge in [0, 0.05) is 12.1 Å². The number of sulfone groups is 1. The summed E-state index contributed by atoms with van der Waals surface area (Å²) in [4.78, 5) is 9.50. The molecule has 1 rings (SSSR count). The number of halogens is 1. The standard InChI is InChI=1S/C8H8ClNO5S/c9-8(11)5-16(14,15)7-3-1-2-6(4-7)10(12)13/h1-4,8,11H,5H2. The minimum absolute atomic E-state index is 0.235. The fourth-order valence-corrected chi connectivity index (χ4v) is 2.71. The summed E-state index contributed by atoms with van der Waals surface area (Å²) in [5, 5.41) is 19.2. The van der Waals surface area contributed by atoms with Gasteiger partial charge in [-0.25, -0.2) is 8.42 Å². The summed E-state index contributed by atoms with van der Waals surface area (Å²) in [5.74, 6) is -0.685. The van der Waals surface area contributed by atoms with Gasteiger partial charge >= 0.3 is 0 Å². The van der Waals surface area contributed by atoms with E-state index < -0.39 is 26.1 Å². The minimum Gasteiger partial charge on any atom is -0.377 e. The highest BCUT2D eigenvalue weighted by atomic mass is 35.5. The quantitative estimate of drug-likeness (QED) is 0.496. The van der Waals surface area contributed by atoms with Crippen LogP contribution in [0.15, 0.2) is 29.2 Å². The van der Waals surface area contributed by atoms with Gasteiger partial charge in [-0.1, -0.05) is 17.7 Å². The third kappa shape index (κ3) is 3.16. The third-order valence-electron chi connectivity index (χ3n) is 1.74. The molecule has 0 saturated heterocycles. The predicted molar refractivity (Wildman–Crippen MR) is 57.0 cm³/mol. The zero-order valence-electron chi connectivity index (χ0n) is 7.91. The molecule has 0 spiro atoms. The molecule has 0 aliphatic carbocycles. The van der Waals surface area contributed by atoms with Crippen molar-refractivity contribution in [3.05, 3.63) is 34.4 Å². The molecule has 8 heteroatoms. The van der Waals surface area contributed by atoms with Crippen LogP contribution in [0.1, 0.15) is 0 Å². The summed E-state index contributed by atoms with van der Waals surface area (Å²) in [6, 6.07) is 4.57. The molecule has 1 atom stereocenters. The number of aliphatic hydroxyl groups excluding tert-OH is 1. The van der Waals surface area contributed by atoms with E-state index in [4.69, 9.17) is 16.7 Å². The molecule has 0 fully saturated rings. The Kier molecular flexibility index (Phi) is 3.84. The normalized spacial score (nSPS) is 13.4. The van der Waals surface area contributed by atoms with Crippen molar-refractivity contribution in [2.75, 3.05) is 5.75 Å². The summed E-state index contributed by atoms with van der Waals surface area (Å²) in [7, 11) is -3.80. The van der Waals surface area contributed by atoms with E-state index in [2.05, 4.69) is 0 Å². The van der Waals surface area contributed by atoms with Crippen LogP contribution in [-0.4, -0.2) is 29.8 Å². The van der Waals surface area contributed by atoms with Gasteiger partial charge in [0.15, 0.2) is 9.84 Å². The van der Waals surface area contributed by atoms with E-state index in [9.17, 15) is 18.5 Å². The number of alkyl halides is 1. The van der Waals surface area contributed by atoms with Crippen LogP contribution in [0.4, 0.5) is 5.69 Å². The number of rotatable bonds is 4. The fraction of sp³-hybridized carbons (Fsp3) is 0.250. The van der Waals surface area contributed by atoms with Gasteiger partial charge in [0.25, 0.3) is 5.69 Å². The van der Waals surface area contributed by atoms with E-state index in [0.29, 0.717) is 0 Å². The first-order valence-corrected chi connectivity index (χ1v) is 6.21. The monoisotopic (exact) mass is 265 g/mol. The first-order valence-electron chi connectivity index (χ1n) is 4.12. The molecule has 1 unspecified atom stereocenters. The average Bonchev–Trinajstić information content (AvgIpc) is 2.16. The molecule has 0 aliphatic heterocycles. The highest BCUT2D eigenvalue weighted by Gasteiger charge is 2.20. The van der Waals surface area contributed by atoms with Gasteiger partial charge in [-0.05, 0) is 6.07 Å². The van der Waals surface area contributed by atoms with Gasteiger partial charge in [0.05, 0.1) is 15.6 Å². The van der Waals surface area contributed by atoms with Crippen LogP contribution in [0.5, 0.6) is 0 Å². The van der Waals surface area contributed by atoms with E-state index >= 15 is 0 Å². The maximum atomic E-state index is 11.6. The number of hydrogen-bond donors (Lipinski definition) is 1. The van der Waals surface area contributed by atoms with Crippen LogP contribution in [0.2, 0.25) is 0 Å². The van der Waals surface area contributed by atoms with Crippen LogP contribution in [0, 0.1) is 10.1 Å². The fourth-order valence-electron chi connectivity index (χ4n) is 1.07. The molecule has 6 nitrogen and oxygen atoms in total. The number of benzene rings is 1. The molecule has 88 valence electrons. The van der Waals surface area contributed by atoms with E-state index in [0.717, 1.165) is 6.07 Å². The molecule has 0 heterocycles. The molecule has 0 bridgehead atoms. The van der Waals surface area contributed by atoms with Crippen molar-refractivity contribution in [3.63, 3.8) is 0 Å². The Hall–Kier alpha value is -1.18. The topological polar surface area (TPSA) is 97.5 Å². The largest absolute Gasteiger partial charge is 0.377 e. The van der Waals surface area contributed by atoms with E-state index in [1.165, 1.54) is 18.2 Å². The van der Waals surface area contributed by atoms with Crippen LogP contribution in [0.3, 0.4) is 0 Å². The second-order valence-corrected chi connectivity index (χ2v) is 5.51. The summed E-state index contributed by atoms with van der Waals surface area (Å²) in [6.45, 7) is 0. The van der Waals surface area contributed by atoms with Crippen molar-refractivity contribution < 1.29 is 18.4 Å². The van der Waals surface area contributed by atoms with E-state index in [1.54, 1.807) is 0 Å². The molecule has 1 aromatic carbocycles. The Balaban J connectivity index is 3.14. The van der Waals surface area contributed by atoms with E-state index in [-0.39, 0.29) is 10.6 Å².